The smallest absolute Gasteiger partial charge is 0.407 e. The molecule has 3 aromatic carbocycles. The van der Waals surface area contributed by atoms with Crippen molar-refractivity contribution < 1.29 is 28.6 Å². The van der Waals surface area contributed by atoms with E-state index in [-0.39, 0.29) is 24.9 Å². The first-order valence-corrected chi connectivity index (χ1v) is 15.9. The van der Waals surface area contributed by atoms with Crippen molar-refractivity contribution in [2.45, 2.75) is 71.0 Å². The van der Waals surface area contributed by atoms with Crippen LogP contribution in [0, 0.1) is 5.92 Å². The van der Waals surface area contributed by atoms with E-state index in [0.29, 0.717) is 52.0 Å². The third kappa shape index (κ3) is 10.7. The number of carbonyl (C=O) groups excluding carboxylic acids is 3. The van der Waals surface area contributed by atoms with Crippen LogP contribution in [0.2, 0.25) is 0 Å². The van der Waals surface area contributed by atoms with Gasteiger partial charge in [-0.15, -0.1) is 0 Å². The Balaban J connectivity index is 1.26. The molecule has 1 aliphatic rings. The van der Waals surface area contributed by atoms with Gasteiger partial charge < -0.3 is 24.8 Å². The summed E-state index contributed by atoms with van der Waals surface area (Å²) in [4.78, 5) is 38.3. The normalized spacial score (nSPS) is 13.0. The van der Waals surface area contributed by atoms with Crippen LogP contribution in [-0.2, 0) is 30.4 Å². The number of unbranched alkanes of at least 4 members (excludes halogenated alkanes) is 1. The number of nitrogens with one attached hydrogen (secondary N) is 2. The minimum Gasteiger partial charge on any atom is -0.465 e. The second-order valence-corrected chi connectivity index (χ2v) is 12.4. The van der Waals surface area contributed by atoms with E-state index < -0.39 is 23.6 Å². The molecule has 45 heavy (non-hydrogen) atoms. The van der Waals surface area contributed by atoms with Crippen LogP contribution in [0.1, 0.15) is 75.5 Å². The Kier molecular flexibility index (Phi) is 12.6. The summed E-state index contributed by atoms with van der Waals surface area (Å²) >= 11 is 0. The number of esters is 1. The van der Waals surface area contributed by atoms with Crippen molar-refractivity contribution in [3.8, 4) is 11.1 Å². The van der Waals surface area contributed by atoms with Gasteiger partial charge in [0.05, 0.1) is 13.0 Å². The minimum absolute atomic E-state index is 0.00809. The SMILES string of the molecule is CC(C)(C)OC(=O)NCCCC[C@@H](CC(=O)OCC1c2ccccc2-c2ccccc21)C(=O)NCCCOCc1ccccc1. The van der Waals surface area contributed by atoms with Crippen LogP contribution in [0.25, 0.3) is 11.1 Å². The third-order valence-electron chi connectivity index (χ3n) is 7.68. The average molecular weight is 615 g/mol. The van der Waals surface area contributed by atoms with Crippen LogP contribution >= 0.6 is 0 Å². The number of alkyl carbamates (subject to hydrolysis) is 1. The van der Waals surface area contributed by atoms with Crippen molar-refractivity contribution in [2.75, 3.05) is 26.3 Å². The molecule has 0 aliphatic heterocycles. The fraction of sp³-hybridized carbons (Fsp3) is 0.432. The van der Waals surface area contributed by atoms with E-state index in [0.717, 1.165) is 16.7 Å². The van der Waals surface area contributed by atoms with E-state index in [1.54, 1.807) is 0 Å². The molecule has 0 radical (unpaired) electrons. The Morgan fingerprint density at radius 1 is 0.778 bits per heavy atom. The van der Waals surface area contributed by atoms with E-state index in [4.69, 9.17) is 14.2 Å². The molecule has 0 aromatic heterocycles. The first kappa shape index (κ1) is 33.7. The maximum atomic E-state index is 13.2. The molecule has 0 heterocycles. The van der Waals surface area contributed by atoms with Crippen molar-refractivity contribution >= 4 is 18.0 Å². The average Bonchev–Trinajstić information content (AvgIpc) is 3.34. The number of carbonyl (C=O) groups is 3. The van der Waals surface area contributed by atoms with Crippen LogP contribution in [0.4, 0.5) is 4.79 Å². The Labute approximate surface area is 266 Å². The molecule has 2 N–H and O–H groups in total. The van der Waals surface area contributed by atoms with Crippen molar-refractivity contribution in [1.82, 2.24) is 10.6 Å². The molecular formula is C37H46N2O6. The molecule has 0 bridgehead atoms. The van der Waals surface area contributed by atoms with Gasteiger partial charge in [0.25, 0.3) is 0 Å². The van der Waals surface area contributed by atoms with Gasteiger partial charge in [-0.1, -0.05) is 85.3 Å². The van der Waals surface area contributed by atoms with Crippen LogP contribution < -0.4 is 10.6 Å². The van der Waals surface area contributed by atoms with Crippen molar-refractivity contribution in [3.63, 3.8) is 0 Å². The van der Waals surface area contributed by atoms with Gasteiger partial charge in [0.1, 0.15) is 12.2 Å². The lowest BCUT2D eigenvalue weighted by molar-refractivity contribution is -0.147. The van der Waals surface area contributed by atoms with E-state index in [1.165, 1.54) is 11.1 Å². The molecule has 240 valence electrons. The molecule has 0 saturated heterocycles. The second-order valence-electron chi connectivity index (χ2n) is 12.4. The number of amides is 2. The molecule has 0 fully saturated rings. The maximum Gasteiger partial charge on any atom is 0.407 e. The van der Waals surface area contributed by atoms with Crippen LogP contribution in [0.15, 0.2) is 78.9 Å². The summed E-state index contributed by atoms with van der Waals surface area (Å²) < 4.78 is 16.8. The van der Waals surface area contributed by atoms with E-state index in [2.05, 4.69) is 34.9 Å². The van der Waals surface area contributed by atoms with E-state index in [1.807, 2.05) is 75.4 Å². The Morgan fingerprint density at radius 2 is 1.40 bits per heavy atom. The predicted molar refractivity (Wildman–Crippen MR) is 175 cm³/mol. The zero-order valence-electron chi connectivity index (χ0n) is 26.7. The summed E-state index contributed by atoms with van der Waals surface area (Å²) in [5.74, 6) is -1.14. The molecule has 1 atom stereocenters. The predicted octanol–water partition coefficient (Wildman–Crippen LogP) is 6.77. The molecule has 1 aliphatic carbocycles. The second kappa shape index (κ2) is 16.8. The van der Waals surface area contributed by atoms with Gasteiger partial charge >= 0.3 is 12.1 Å². The highest BCUT2D eigenvalue weighted by atomic mass is 16.6. The van der Waals surface area contributed by atoms with Gasteiger partial charge in [0.15, 0.2) is 0 Å². The molecule has 4 rings (SSSR count). The number of hydrogen-bond acceptors (Lipinski definition) is 6. The van der Waals surface area contributed by atoms with Crippen LogP contribution in [-0.4, -0.2) is 49.9 Å². The number of fused-ring (bicyclic) bond motifs is 3. The number of benzene rings is 3. The summed E-state index contributed by atoms with van der Waals surface area (Å²) in [6.45, 7) is 7.58. The Hall–Kier alpha value is -4.17. The van der Waals surface area contributed by atoms with Gasteiger partial charge in [-0.05, 0) is 67.9 Å². The highest BCUT2D eigenvalue weighted by Gasteiger charge is 2.30. The topological polar surface area (TPSA) is 103 Å². The zero-order valence-corrected chi connectivity index (χ0v) is 26.7. The van der Waals surface area contributed by atoms with Gasteiger partial charge in [-0.2, -0.15) is 0 Å². The van der Waals surface area contributed by atoms with Crippen molar-refractivity contribution in [1.29, 1.82) is 0 Å². The molecule has 0 saturated carbocycles. The highest BCUT2D eigenvalue weighted by molar-refractivity contribution is 5.84. The number of ether oxygens (including phenoxy) is 3. The standard InChI is InChI=1S/C37H46N2O6/c1-37(2,3)45-36(42)39-21-12-11-16-28(35(41)38-22-13-23-43-25-27-14-5-4-6-15-27)24-34(40)44-26-33-31-19-9-7-17-29(31)30-18-8-10-20-32(30)33/h4-10,14-15,17-20,28,33H,11-13,16,21-26H2,1-3H3,(H,38,41)(H,39,42)/t28-/m0/s1. The fourth-order valence-electron chi connectivity index (χ4n) is 5.52. The molecule has 0 unspecified atom stereocenters. The van der Waals surface area contributed by atoms with E-state index >= 15 is 0 Å². The molecule has 8 heteroatoms. The van der Waals surface area contributed by atoms with Crippen molar-refractivity contribution in [2.24, 2.45) is 5.92 Å². The first-order valence-electron chi connectivity index (χ1n) is 15.9. The Bertz CT molecular complexity index is 1360. The maximum absolute atomic E-state index is 13.2. The van der Waals surface area contributed by atoms with Crippen molar-refractivity contribution in [3.05, 3.63) is 95.6 Å². The molecule has 8 nitrogen and oxygen atoms in total. The van der Waals surface area contributed by atoms with Gasteiger partial charge in [0.2, 0.25) is 5.91 Å². The minimum atomic E-state index is -0.567. The van der Waals surface area contributed by atoms with Gasteiger partial charge in [-0.3, -0.25) is 9.59 Å². The van der Waals surface area contributed by atoms with E-state index in [9.17, 15) is 14.4 Å². The largest absolute Gasteiger partial charge is 0.465 e. The van der Waals surface area contributed by atoms with Crippen LogP contribution in [0.3, 0.4) is 0 Å². The Morgan fingerprint density at radius 3 is 2.07 bits per heavy atom. The summed E-state index contributed by atoms with van der Waals surface area (Å²) in [5.41, 5.74) is 5.16. The summed E-state index contributed by atoms with van der Waals surface area (Å²) in [5, 5.41) is 5.73. The quantitative estimate of drug-likeness (QED) is 0.136. The van der Waals surface area contributed by atoms with Gasteiger partial charge in [-0.25, -0.2) is 4.79 Å². The summed E-state index contributed by atoms with van der Waals surface area (Å²) in [6.07, 6.45) is 1.99. The number of rotatable bonds is 16. The first-order chi connectivity index (χ1) is 21.7. The van der Waals surface area contributed by atoms with Gasteiger partial charge in [0, 0.05) is 31.5 Å². The molecule has 0 spiro atoms. The summed E-state index contributed by atoms with van der Waals surface area (Å²) in [7, 11) is 0. The number of hydrogen-bond donors (Lipinski definition) is 2. The molecule has 3 aromatic rings. The third-order valence-corrected chi connectivity index (χ3v) is 7.68. The van der Waals surface area contributed by atoms with Crippen LogP contribution in [0.5, 0.6) is 0 Å². The monoisotopic (exact) mass is 614 g/mol. The lowest BCUT2D eigenvalue weighted by Gasteiger charge is -2.20. The lowest BCUT2D eigenvalue weighted by Crippen LogP contribution is -2.34. The fourth-order valence-corrected chi connectivity index (χ4v) is 5.52. The lowest BCUT2D eigenvalue weighted by atomic mass is 9.96. The molecular weight excluding hydrogens is 568 g/mol. The molecule has 2 amide bonds. The zero-order chi connectivity index (χ0) is 32.1. The highest BCUT2D eigenvalue weighted by Crippen LogP contribution is 2.44. The summed E-state index contributed by atoms with van der Waals surface area (Å²) in [6, 6.07) is 26.4.